The van der Waals surface area contributed by atoms with Gasteiger partial charge in [-0.1, -0.05) is 66.7 Å². The van der Waals surface area contributed by atoms with E-state index in [-0.39, 0.29) is 0 Å². The monoisotopic (exact) mass is 660 g/mol. The highest BCUT2D eigenvalue weighted by Gasteiger charge is 2.23. The van der Waals surface area contributed by atoms with Crippen LogP contribution in [0.25, 0.3) is 77.6 Å². The molecule has 0 saturated carbocycles. The van der Waals surface area contributed by atoms with Gasteiger partial charge < -0.3 is 0 Å². The van der Waals surface area contributed by atoms with Crippen molar-refractivity contribution in [2.45, 2.75) is 0 Å². The lowest BCUT2D eigenvalue weighted by atomic mass is 9.90. The summed E-state index contributed by atoms with van der Waals surface area (Å²) in [5.41, 5.74) is 8.95. The minimum atomic E-state index is 0.352. The predicted octanol–water partition coefficient (Wildman–Crippen LogP) is 9.36. The summed E-state index contributed by atoms with van der Waals surface area (Å²) < 4.78 is 0. The van der Waals surface area contributed by atoms with Crippen molar-refractivity contribution in [2.75, 3.05) is 0 Å². The van der Waals surface area contributed by atoms with Gasteiger partial charge in [0.05, 0.1) is 91.8 Å². The van der Waals surface area contributed by atoms with Crippen LogP contribution in [0.2, 0.25) is 0 Å². The molecule has 6 aromatic carbocycles. The number of para-hydroxylation sites is 1. The number of nitrogens with zero attached hydrogens (tertiary/aromatic N) is 8. The SMILES string of the molecule is N#Cc1ccc(-c2nc3cc(C#N)c4c5ccccc5nc(-c5ccccc5-c5cc(C#N)cc(C#N)c5)c4c3nc2-c2ccc(C#N)cc2)cc1. The van der Waals surface area contributed by atoms with Gasteiger partial charge in [0.2, 0.25) is 0 Å². The van der Waals surface area contributed by atoms with Crippen molar-refractivity contribution in [1.29, 1.82) is 26.3 Å². The Bertz CT molecular complexity index is 2970. The van der Waals surface area contributed by atoms with E-state index in [0.29, 0.717) is 83.3 Å². The molecule has 2 aromatic heterocycles. The Kier molecular flexibility index (Phi) is 7.57. The van der Waals surface area contributed by atoms with Crippen molar-refractivity contribution < 1.29 is 0 Å². The number of fused-ring (bicyclic) bond motifs is 5. The maximum absolute atomic E-state index is 10.7. The average Bonchev–Trinajstić information content (AvgIpc) is 3.22. The third-order valence-electron chi connectivity index (χ3n) is 8.98. The van der Waals surface area contributed by atoms with E-state index in [1.807, 2.05) is 72.8 Å². The van der Waals surface area contributed by atoms with E-state index in [2.05, 4.69) is 30.3 Å². The molecule has 0 atom stereocenters. The summed E-state index contributed by atoms with van der Waals surface area (Å²) in [6, 6.07) is 47.3. The van der Waals surface area contributed by atoms with Gasteiger partial charge in [-0.3, -0.25) is 0 Å². The second-order valence-electron chi connectivity index (χ2n) is 12.0. The zero-order valence-electron chi connectivity index (χ0n) is 27.1. The third-order valence-corrected chi connectivity index (χ3v) is 8.98. The third kappa shape index (κ3) is 5.18. The smallest absolute Gasteiger partial charge is 0.0999 e. The van der Waals surface area contributed by atoms with Crippen LogP contribution in [-0.4, -0.2) is 15.0 Å². The summed E-state index contributed by atoms with van der Waals surface area (Å²) in [7, 11) is 0. The van der Waals surface area contributed by atoms with Gasteiger partial charge in [-0.2, -0.15) is 26.3 Å². The molecule has 0 aliphatic carbocycles. The van der Waals surface area contributed by atoms with Gasteiger partial charge in [0, 0.05) is 32.8 Å². The summed E-state index contributed by atoms with van der Waals surface area (Å²) in [5, 5.41) is 51.2. The van der Waals surface area contributed by atoms with Crippen molar-refractivity contribution >= 4 is 32.7 Å². The van der Waals surface area contributed by atoms with E-state index in [9.17, 15) is 26.3 Å². The second-order valence-corrected chi connectivity index (χ2v) is 12.0. The fraction of sp³-hybridized carbons (Fsp3) is 0. The van der Waals surface area contributed by atoms with Gasteiger partial charge in [0.1, 0.15) is 0 Å². The molecular weight excluding hydrogens is 641 g/mol. The maximum atomic E-state index is 10.7. The van der Waals surface area contributed by atoms with E-state index in [0.717, 1.165) is 22.1 Å². The molecule has 0 aliphatic heterocycles. The van der Waals surface area contributed by atoms with Crippen LogP contribution in [0, 0.1) is 56.7 Å². The number of rotatable bonds is 4. The van der Waals surface area contributed by atoms with Crippen LogP contribution in [0.1, 0.15) is 27.8 Å². The Morgan fingerprint density at radius 1 is 0.385 bits per heavy atom. The standard InChI is InChI=1S/C44H20N8/c45-21-26-9-13-30(14-10-26)41-42(31-15-11-27(22-46)12-16-31)52-44-38(51-41)20-33(25-49)39-36-7-3-4-8-37(36)50-43(40(39)44)35-6-2-1-5-34(35)32-18-28(23-47)17-29(19-32)24-48/h1-20H. The Balaban J connectivity index is 1.54. The van der Waals surface area contributed by atoms with Crippen LogP contribution >= 0.6 is 0 Å². The van der Waals surface area contributed by atoms with E-state index in [1.165, 1.54) is 0 Å². The molecule has 0 radical (unpaired) electrons. The molecule has 2 heterocycles. The van der Waals surface area contributed by atoms with E-state index in [1.54, 1.807) is 48.5 Å². The van der Waals surface area contributed by atoms with Crippen LogP contribution in [0.4, 0.5) is 0 Å². The first-order valence-corrected chi connectivity index (χ1v) is 16.1. The summed E-state index contributed by atoms with van der Waals surface area (Å²) in [6.07, 6.45) is 0. The molecule has 8 nitrogen and oxygen atoms in total. The second kappa shape index (κ2) is 12.7. The molecule has 0 bridgehead atoms. The Labute approximate surface area is 297 Å². The number of aromatic nitrogens is 3. The topological polar surface area (TPSA) is 158 Å². The van der Waals surface area contributed by atoms with Gasteiger partial charge in [-0.15, -0.1) is 0 Å². The zero-order valence-corrected chi connectivity index (χ0v) is 27.1. The molecular formula is C44H20N8. The lowest BCUT2D eigenvalue weighted by Gasteiger charge is -2.18. The molecule has 0 N–H and O–H groups in total. The first kappa shape index (κ1) is 31.1. The number of benzene rings is 6. The van der Waals surface area contributed by atoms with Crippen molar-refractivity contribution in [1.82, 2.24) is 15.0 Å². The molecule has 0 spiro atoms. The van der Waals surface area contributed by atoms with E-state index < -0.39 is 0 Å². The van der Waals surface area contributed by atoms with Crippen LogP contribution in [0.15, 0.2) is 121 Å². The normalized spacial score (nSPS) is 10.6. The van der Waals surface area contributed by atoms with Gasteiger partial charge in [0.25, 0.3) is 0 Å². The maximum Gasteiger partial charge on any atom is 0.0999 e. The summed E-state index contributed by atoms with van der Waals surface area (Å²) in [5.74, 6) is 0. The van der Waals surface area contributed by atoms with Crippen LogP contribution < -0.4 is 0 Å². The molecule has 0 saturated heterocycles. The summed E-state index contributed by atoms with van der Waals surface area (Å²) in [6.45, 7) is 0. The predicted molar refractivity (Wildman–Crippen MR) is 198 cm³/mol. The van der Waals surface area contributed by atoms with Gasteiger partial charge >= 0.3 is 0 Å². The quantitative estimate of drug-likeness (QED) is 0.169. The van der Waals surface area contributed by atoms with Crippen LogP contribution in [0.3, 0.4) is 0 Å². The number of pyridine rings is 1. The minimum absolute atomic E-state index is 0.352. The van der Waals surface area contributed by atoms with Crippen molar-refractivity contribution in [3.63, 3.8) is 0 Å². The molecule has 236 valence electrons. The van der Waals surface area contributed by atoms with Crippen LogP contribution in [-0.2, 0) is 0 Å². The molecule has 8 aromatic rings. The number of hydrogen-bond donors (Lipinski definition) is 0. The highest BCUT2D eigenvalue weighted by Crippen LogP contribution is 2.43. The van der Waals surface area contributed by atoms with Gasteiger partial charge in [0.15, 0.2) is 0 Å². The minimum Gasteiger partial charge on any atom is -0.247 e. The number of nitriles is 5. The van der Waals surface area contributed by atoms with E-state index >= 15 is 0 Å². The lowest BCUT2D eigenvalue weighted by molar-refractivity contribution is 1.29. The molecule has 0 amide bonds. The lowest BCUT2D eigenvalue weighted by Crippen LogP contribution is -2.00. The Morgan fingerprint density at radius 3 is 1.52 bits per heavy atom. The van der Waals surface area contributed by atoms with Crippen molar-refractivity contribution in [3.8, 4) is 75.2 Å². The fourth-order valence-corrected chi connectivity index (χ4v) is 6.61. The number of hydrogen-bond acceptors (Lipinski definition) is 8. The Morgan fingerprint density at radius 2 is 0.923 bits per heavy atom. The van der Waals surface area contributed by atoms with Crippen LogP contribution in [0.5, 0.6) is 0 Å². The fourth-order valence-electron chi connectivity index (χ4n) is 6.61. The highest BCUT2D eigenvalue weighted by molar-refractivity contribution is 6.22. The van der Waals surface area contributed by atoms with E-state index in [4.69, 9.17) is 15.0 Å². The molecule has 52 heavy (non-hydrogen) atoms. The molecule has 0 unspecified atom stereocenters. The largest absolute Gasteiger partial charge is 0.247 e. The van der Waals surface area contributed by atoms with Crippen molar-refractivity contribution in [2.24, 2.45) is 0 Å². The van der Waals surface area contributed by atoms with Gasteiger partial charge in [-0.05, 0) is 65.7 Å². The summed E-state index contributed by atoms with van der Waals surface area (Å²) in [4.78, 5) is 15.7. The zero-order chi connectivity index (χ0) is 35.8. The molecule has 8 heteroatoms. The average molecular weight is 661 g/mol. The highest BCUT2D eigenvalue weighted by atomic mass is 14.8. The first-order chi connectivity index (χ1) is 25.5. The van der Waals surface area contributed by atoms with Crippen molar-refractivity contribution in [3.05, 3.63) is 149 Å². The van der Waals surface area contributed by atoms with Gasteiger partial charge in [-0.25, -0.2) is 15.0 Å². The molecule has 0 aliphatic rings. The molecule has 8 rings (SSSR count). The molecule has 0 fully saturated rings. The first-order valence-electron chi connectivity index (χ1n) is 16.1. The summed E-state index contributed by atoms with van der Waals surface area (Å²) >= 11 is 0. The Hall–Kier alpha value is -8.22.